The van der Waals surface area contributed by atoms with Gasteiger partial charge in [-0.15, -0.1) is 11.6 Å². The summed E-state index contributed by atoms with van der Waals surface area (Å²) in [5, 5.41) is 3.10. The Morgan fingerprint density at radius 3 is 2.95 bits per heavy atom. The molecule has 3 unspecified atom stereocenters. The van der Waals surface area contributed by atoms with Gasteiger partial charge in [0.1, 0.15) is 0 Å². The number of carbonyl (C=O) groups excluding carboxylic acids is 1. The molecule has 1 amide bonds. The molecule has 0 saturated carbocycles. The number of fused-ring (bicyclic) bond motifs is 1. The molecule has 1 fully saturated rings. The standard InChI is InChI=1S/C14H15Cl2NO2/c1-7-2-3-19-14(7)13(16)9-4-8-5-12(18)17-11(8)6-10(9)15/h4,6-7,13-14H,2-3,5H2,1H3,(H,17,18). The first-order valence-corrected chi connectivity index (χ1v) is 7.25. The zero-order valence-electron chi connectivity index (χ0n) is 10.6. The zero-order chi connectivity index (χ0) is 13.6. The van der Waals surface area contributed by atoms with E-state index in [1.54, 1.807) is 6.07 Å². The molecule has 2 aliphatic heterocycles. The Hall–Kier alpha value is -0.770. The quantitative estimate of drug-likeness (QED) is 0.848. The molecule has 1 aromatic carbocycles. The highest BCUT2D eigenvalue weighted by atomic mass is 35.5. The highest BCUT2D eigenvalue weighted by Crippen LogP contribution is 2.41. The molecule has 5 heteroatoms. The maximum absolute atomic E-state index is 11.4. The van der Waals surface area contributed by atoms with Crippen LogP contribution in [0.3, 0.4) is 0 Å². The zero-order valence-corrected chi connectivity index (χ0v) is 12.1. The minimum absolute atomic E-state index is 0.000163. The van der Waals surface area contributed by atoms with Crippen LogP contribution in [0.25, 0.3) is 0 Å². The van der Waals surface area contributed by atoms with Crippen molar-refractivity contribution < 1.29 is 9.53 Å². The molecule has 0 spiro atoms. The molecule has 3 nitrogen and oxygen atoms in total. The number of carbonyl (C=O) groups is 1. The van der Waals surface area contributed by atoms with Gasteiger partial charge in [0.05, 0.1) is 17.9 Å². The number of ether oxygens (including phenoxy) is 1. The van der Waals surface area contributed by atoms with Crippen LogP contribution in [0.2, 0.25) is 5.02 Å². The van der Waals surface area contributed by atoms with Gasteiger partial charge in [0, 0.05) is 17.3 Å². The first-order valence-electron chi connectivity index (χ1n) is 6.44. The number of rotatable bonds is 2. The Kier molecular flexibility index (Phi) is 3.46. The van der Waals surface area contributed by atoms with E-state index in [1.165, 1.54) is 0 Å². The van der Waals surface area contributed by atoms with Crippen LogP contribution in [0.1, 0.15) is 29.8 Å². The second-order valence-corrected chi connectivity index (χ2v) is 6.14. The minimum atomic E-state index is -0.272. The lowest BCUT2D eigenvalue weighted by Gasteiger charge is -2.22. The second kappa shape index (κ2) is 4.97. The lowest BCUT2D eigenvalue weighted by Crippen LogP contribution is -2.19. The Morgan fingerprint density at radius 1 is 1.47 bits per heavy atom. The fourth-order valence-corrected chi connectivity index (χ4v) is 3.59. The lowest BCUT2D eigenvalue weighted by atomic mass is 9.95. The van der Waals surface area contributed by atoms with Gasteiger partial charge < -0.3 is 10.1 Å². The van der Waals surface area contributed by atoms with Gasteiger partial charge in [-0.2, -0.15) is 0 Å². The summed E-state index contributed by atoms with van der Waals surface area (Å²) < 4.78 is 5.70. The Morgan fingerprint density at radius 2 is 2.26 bits per heavy atom. The molecule has 1 saturated heterocycles. The molecule has 1 N–H and O–H groups in total. The summed E-state index contributed by atoms with van der Waals surface area (Å²) in [5.41, 5.74) is 2.61. The molecule has 2 aliphatic rings. The number of hydrogen-bond acceptors (Lipinski definition) is 2. The van der Waals surface area contributed by atoms with Crippen molar-refractivity contribution in [1.29, 1.82) is 0 Å². The van der Waals surface area contributed by atoms with Crippen LogP contribution < -0.4 is 5.32 Å². The van der Waals surface area contributed by atoms with E-state index in [-0.39, 0.29) is 17.4 Å². The fraction of sp³-hybridized carbons (Fsp3) is 0.500. The molecule has 1 aromatic rings. The lowest BCUT2D eigenvalue weighted by molar-refractivity contribution is -0.115. The normalized spacial score (nSPS) is 27.2. The van der Waals surface area contributed by atoms with Crippen LogP contribution in [-0.2, 0) is 16.0 Å². The molecule has 0 aliphatic carbocycles. The average molecular weight is 300 g/mol. The highest BCUT2D eigenvalue weighted by Gasteiger charge is 2.33. The van der Waals surface area contributed by atoms with Crippen molar-refractivity contribution in [2.45, 2.75) is 31.2 Å². The van der Waals surface area contributed by atoms with Crippen LogP contribution in [0.15, 0.2) is 12.1 Å². The Balaban J connectivity index is 1.93. The predicted molar refractivity (Wildman–Crippen MR) is 75.9 cm³/mol. The molecular weight excluding hydrogens is 285 g/mol. The SMILES string of the molecule is CC1CCOC1C(Cl)c1cc2c(cc1Cl)NC(=O)C2. The van der Waals surface area contributed by atoms with Gasteiger partial charge in [0.2, 0.25) is 5.91 Å². The average Bonchev–Trinajstić information content (AvgIpc) is 2.92. The summed E-state index contributed by atoms with van der Waals surface area (Å²) in [6, 6.07) is 3.72. The predicted octanol–water partition coefficient (Wildman–Crippen LogP) is 3.54. The van der Waals surface area contributed by atoms with Crippen LogP contribution in [0.5, 0.6) is 0 Å². The van der Waals surface area contributed by atoms with Crippen molar-refractivity contribution in [3.63, 3.8) is 0 Å². The first kappa shape index (κ1) is 13.2. The van der Waals surface area contributed by atoms with Gasteiger partial charge in [0.25, 0.3) is 0 Å². The highest BCUT2D eigenvalue weighted by molar-refractivity contribution is 6.33. The molecule has 19 heavy (non-hydrogen) atoms. The number of anilines is 1. The van der Waals surface area contributed by atoms with Crippen molar-refractivity contribution in [3.05, 3.63) is 28.3 Å². The molecule has 0 bridgehead atoms. The molecule has 3 atom stereocenters. The maximum atomic E-state index is 11.4. The number of nitrogens with one attached hydrogen (secondary N) is 1. The van der Waals surface area contributed by atoms with E-state index in [1.807, 2.05) is 6.07 Å². The molecule has 2 heterocycles. The fourth-order valence-electron chi connectivity index (χ4n) is 2.75. The van der Waals surface area contributed by atoms with E-state index < -0.39 is 0 Å². The largest absolute Gasteiger partial charge is 0.376 e. The topological polar surface area (TPSA) is 38.3 Å². The van der Waals surface area contributed by atoms with Gasteiger partial charge >= 0.3 is 0 Å². The van der Waals surface area contributed by atoms with E-state index >= 15 is 0 Å². The summed E-state index contributed by atoms with van der Waals surface area (Å²) in [6.07, 6.45) is 1.41. The Labute approximate surface area is 122 Å². The third-order valence-electron chi connectivity index (χ3n) is 3.88. The van der Waals surface area contributed by atoms with Gasteiger partial charge in [-0.3, -0.25) is 4.79 Å². The second-order valence-electron chi connectivity index (χ2n) is 5.26. The molecular formula is C14H15Cl2NO2. The van der Waals surface area contributed by atoms with Crippen molar-refractivity contribution in [3.8, 4) is 0 Å². The monoisotopic (exact) mass is 299 g/mol. The van der Waals surface area contributed by atoms with Gasteiger partial charge in [-0.25, -0.2) is 0 Å². The van der Waals surface area contributed by atoms with Crippen LogP contribution in [-0.4, -0.2) is 18.6 Å². The summed E-state index contributed by atoms with van der Waals surface area (Å²) in [5.74, 6) is 0.423. The van der Waals surface area contributed by atoms with Crippen molar-refractivity contribution in [2.24, 2.45) is 5.92 Å². The van der Waals surface area contributed by atoms with E-state index in [0.29, 0.717) is 17.4 Å². The van der Waals surface area contributed by atoms with E-state index in [9.17, 15) is 4.79 Å². The first-order chi connectivity index (χ1) is 9.06. The van der Waals surface area contributed by atoms with E-state index in [0.717, 1.165) is 29.8 Å². The van der Waals surface area contributed by atoms with Crippen LogP contribution >= 0.6 is 23.2 Å². The molecule has 102 valence electrons. The number of halogens is 2. The van der Waals surface area contributed by atoms with Gasteiger partial charge in [0.15, 0.2) is 0 Å². The smallest absolute Gasteiger partial charge is 0.228 e. The maximum Gasteiger partial charge on any atom is 0.228 e. The van der Waals surface area contributed by atoms with Crippen molar-refractivity contribution >= 4 is 34.8 Å². The number of benzene rings is 1. The number of hydrogen-bond donors (Lipinski definition) is 1. The number of alkyl halides is 1. The minimum Gasteiger partial charge on any atom is -0.376 e. The third kappa shape index (κ3) is 2.35. The van der Waals surface area contributed by atoms with Gasteiger partial charge in [-0.1, -0.05) is 24.6 Å². The number of amides is 1. The van der Waals surface area contributed by atoms with E-state index in [4.69, 9.17) is 27.9 Å². The summed E-state index contributed by atoms with van der Waals surface area (Å²) in [7, 11) is 0. The van der Waals surface area contributed by atoms with Gasteiger partial charge in [-0.05, 0) is 29.5 Å². The molecule has 3 rings (SSSR count). The Bertz CT molecular complexity index is 532. The third-order valence-corrected chi connectivity index (χ3v) is 4.69. The summed E-state index contributed by atoms with van der Waals surface area (Å²) in [4.78, 5) is 11.4. The van der Waals surface area contributed by atoms with Crippen molar-refractivity contribution in [2.75, 3.05) is 11.9 Å². The molecule has 0 aromatic heterocycles. The summed E-state index contributed by atoms with van der Waals surface area (Å²) in [6.45, 7) is 2.89. The summed E-state index contributed by atoms with van der Waals surface area (Å²) >= 11 is 12.8. The van der Waals surface area contributed by atoms with E-state index in [2.05, 4.69) is 12.2 Å². The van der Waals surface area contributed by atoms with Crippen LogP contribution in [0.4, 0.5) is 5.69 Å². The van der Waals surface area contributed by atoms with Crippen molar-refractivity contribution in [1.82, 2.24) is 0 Å². The molecule has 0 radical (unpaired) electrons. The van der Waals surface area contributed by atoms with Crippen LogP contribution in [0, 0.1) is 5.92 Å².